The molecule has 1 saturated heterocycles. The van der Waals surface area contributed by atoms with Crippen molar-refractivity contribution in [1.29, 1.82) is 0 Å². The minimum absolute atomic E-state index is 0.101. The van der Waals surface area contributed by atoms with Gasteiger partial charge in [-0.3, -0.25) is 4.79 Å². The Balaban J connectivity index is 1.69. The van der Waals surface area contributed by atoms with E-state index in [0.29, 0.717) is 23.9 Å². The van der Waals surface area contributed by atoms with Gasteiger partial charge in [0.2, 0.25) is 5.91 Å². The number of hydrogen-bond acceptors (Lipinski definition) is 2. The second kappa shape index (κ2) is 6.76. The molecule has 0 radical (unpaired) electrons. The number of rotatable bonds is 4. The maximum absolute atomic E-state index is 12.6. The van der Waals surface area contributed by atoms with Crippen molar-refractivity contribution >= 4 is 34.2 Å². The van der Waals surface area contributed by atoms with Crippen LogP contribution < -0.4 is 4.90 Å². The normalized spacial score (nSPS) is 17.6. The number of halogens is 1. The average molecular weight is 368 g/mol. The Hall–Kier alpha value is -2.33. The molecule has 1 unspecified atom stereocenters. The van der Waals surface area contributed by atoms with Crippen LogP contribution in [0, 0.1) is 5.92 Å². The van der Waals surface area contributed by atoms with Crippen molar-refractivity contribution in [3.8, 4) is 0 Å². The van der Waals surface area contributed by atoms with Gasteiger partial charge in [0.15, 0.2) is 0 Å². The van der Waals surface area contributed by atoms with Gasteiger partial charge in [-0.15, -0.1) is 0 Å². The topological polar surface area (TPSA) is 38.1 Å². The quantitative estimate of drug-likeness (QED) is 0.660. The van der Waals surface area contributed by atoms with Crippen LogP contribution in [-0.2, 0) is 11.3 Å². The number of nitrogens with zero attached hydrogens (tertiary/aromatic N) is 3. The Kier molecular flexibility index (Phi) is 4.45. The van der Waals surface area contributed by atoms with Crippen LogP contribution in [0.15, 0.2) is 48.5 Å². The van der Waals surface area contributed by atoms with Crippen LogP contribution >= 0.6 is 11.6 Å². The number of anilines is 1. The SMILES string of the molecule is CC(C)Cn1c(C2CC(=O)N(c3ccc(Cl)cc3)C2)nc2ccccc21. The molecule has 1 aliphatic heterocycles. The lowest BCUT2D eigenvalue weighted by atomic mass is 10.1. The highest BCUT2D eigenvalue weighted by Crippen LogP contribution is 2.33. The van der Waals surface area contributed by atoms with Crippen LogP contribution in [0.25, 0.3) is 11.0 Å². The molecule has 0 aliphatic carbocycles. The summed E-state index contributed by atoms with van der Waals surface area (Å²) in [5.41, 5.74) is 3.04. The number of imidazole rings is 1. The van der Waals surface area contributed by atoms with Crippen molar-refractivity contribution in [2.75, 3.05) is 11.4 Å². The number of carbonyl (C=O) groups excluding carboxylic acids is 1. The van der Waals surface area contributed by atoms with E-state index in [9.17, 15) is 4.79 Å². The maximum atomic E-state index is 12.6. The number of para-hydroxylation sites is 2. The number of carbonyl (C=O) groups is 1. The second-order valence-electron chi connectivity index (χ2n) is 7.34. The van der Waals surface area contributed by atoms with Gasteiger partial charge in [-0.1, -0.05) is 37.6 Å². The van der Waals surface area contributed by atoms with Gasteiger partial charge >= 0.3 is 0 Å². The molecule has 0 spiro atoms. The first-order valence-electron chi connectivity index (χ1n) is 9.04. The largest absolute Gasteiger partial charge is 0.327 e. The fraction of sp³-hybridized carbons (Fsp3) is 0.333. The Morgan fingerprint density at radius 1 is 1.15 bits per heavy atom. The van der Waals surface area contributed by atoms with E-state index in [1.807, 2.05) is 47.4 Å². The average Bonchev–Trinajstić information content (AvgIpc) is 3.16. The van der Waals surface area contributed by atoms with Crippen molar-refractivity contribution in [2.24, 2.45) is 5.92 Å². The standard InChI is InChI=1S/C21H22ClN3O/c1-14(2)12-25-19-6-4-3-5-18(19)23-21(25)15-11-20(26)24(13-15)17-9-7-16(22)8-10-17/h3-10,14-15H,11-13H2,1-2H3. The second-order valence-corrected chi connectivity index (χ2v) is 7.78. The van der Waals surface area contributed by atoms with Crippen LogP contribution in [0.4, 0.5) is 5.69 Å². The third-order valence-electron chi connectivity index (χ3n) is 4.86. The highest BCUT2D eigenvalue weighted by molar-refractivity contribution is 6.30. The lowest BCUT2D eigenvalue weighted by molar-refractivity contribution is -0.117. The van der Waals surface area contributed by atoms with Crippen molar-refractivity contribution in [3.63, 3.8) is 0 Å². The molecule has 4 rings (SSSR count). The molecule has 26 heavy (non-hydrogen) atoms. The Bertz CT molecular complexity index is 946. The summed E-state index contributed by atoms with van der Waals surface area (Å²) >= 11 is 5.98. The molecule has 4 nitrogen and oxygen atoms in total. The molecule has 1 atom stereocenters. The highest BCUT2D eigenvalue weighted by Gasteiger charge is 2.34. The third kappa shape index (κ3) is 3.10. The van der Waals surface area contributed by atoms with Gasteiger partial charge < -0.3 is 9.47 Å². The summed E-state index contributed by atoms with van der Waals surface area (Å²) in [5.74, 6) is 1.77. The molecule has 1 fully saturated rings. The monoisotopic (exact) mass is 367 g/mol. The van der Waals surface area contributed by atoms with Gasteiger partial charge in [-0.25, -0.2) is 4.98 Å². The molecule has 134 valence electrons. The summed E-state index contributed by atoms with van der Waals surface area (Å²) in [5, 5.41) is 0.677. The molecule has 1 aliphatic rings. The van der Waals surface area contributed by atoms with E-state index in [4.69, 9.17) is 16.6 Å². The lowest BCUT2D eigenvalue weighted by Gasteiger charge is -2.18. The Labute approximate surface area is 158 Å². The summed E-state index contributed by atoms with van der Waals surface area (Å²) in [6.45, 7) is 5.97. The molecule has 2 aromatic carbocycles. The zero-order valence-corrected chi connectivity index (χ0v) is 15.8. The smallest absolute Gasteiger partial charge is 0.227 e. The van der Waals surface area contributed by atoms with Crippen LogP contribution in [-0.4, -0.2) is 22.0 Å². The molecule has 0 bridgehead atoms. The van der Waals surface area contributed by atoms with Gasteiger partial charge in [-0.05, 0) is 42.3 Å². The van der Waals surface area contributed by atoms with E-state index in [0.717, 1.165) is 29.1 Å². The summed E-state index contributed by atoms with van der Waals surface area (Å²) in [4.78, 5) is 19.4. The highest BCUT2D eigenvalue weighted by atomic mass is 35.5. The van der Waals surface area contributed by atoms with Crippen LogP contribution in [0.2, 0.25) is 5.02 Å². The first-order chi connectivity index (χ1) is 12.5. The van der Waals surface area contributed by atoms with Crippen molar-refractivity contribution in [2.45, 2.75) is 32.7 Å². The van der Waals surface area contributed by atoms with E-state index >= 15 is 0 Å². The number of amides is 1. The summed E-state index contributed by atoms with van der Waals surface area (Å²) < 4.78 is 2.29. The van der Waals surface area contributed by atoms with E-state index in [-0.39, 0.29) is 11.8 Å². The first kappa shape index (κ1) is 17.1. The van der Waals surface area contributed by atoms with E-state index in [1.165, 1.54) is 0 Å². The van der Waals surface area contributed by atoms with E-state index in [1.54, 1.807) is 0 Å². The fourth-order valence-electron chi connectivity index (χ4n) is 3.71. The van der Waals surface area contributed by atoms with Crippen molar-refractivity contribution < 1.29 is 4.79 Å². The lowest BCUT2D eigenvalue weighted by Crippen LogP contribution is -2.24. The summed E-state index contributed by atoms with van der Waals surface area (Å²) in [6.07, 6.45) is 0.490. The molecule has 0 saturated carbocycles. The molecular weight excluding hydrogens is 346 g/mol. The number of fused-ring (bicyclic) bond motifs is 1. The zero-order valence-electron chi connectivity index (χ0n) is 15.0. The van der Waals surface area contributed by atoms with Crippen LogP contribution in [0.1, 0.15) is 32.0 Å². The number of hydrogen-bond donors (Lipinski definition) is 0. The molecule has 5 heteroatoms. The summed E-state index contributed by atoms with van der Waals surface area (Å²) in [6, 6.07) is 15.7. The van der Waals surface area contributed by atoms with Crippen molar-refractivity contribution in [1.82, 2.24) is 9.55 Å². The molecule has 0 N–H and O–H groups in total. The van der Waals surface area contributed by atoms with E-state index in [2.05, 4.69) is 24.5 Å². The van der Waals surface area contributed by atoms with Gasteiger partial charge in [0.25, 0.3) is 0 Å². The van der Waals surface area contributed by atoms with Crippen LogP contribution in [0.5, 0.6) is 0 Å². The minimum Gasteiger partial charge on any atom is -0.327 e. The molecular formula is C21H22ClN3O. The van der Waals surface area contributed by atoms with Gasteiger partial charge in [0.1, 0.15) is 5.82 Å². The van der Waals surface area contributed by atoms with E-state index < -0.39 is 0 Å². The predicted octanol–water partition coefficient (Wildman–Crippen LogP) is 4.87. The summed E-state index contributed by atoms with van der Waals surface area (Å²) in [7, 11) is 0. The van der Waals surface area contributed by atoms with Gasteiger partial charge in [-0.2, -0.15) is 0 Å². The predicted molar refractivity (Wildman–Crippen MR) is 106 cm³/mol. The Morgan fingerprint density at radius 2 is 1.88 bits per heavy atom. The maximum Gasteiger partial charge on any atom is 0.227 e. The number of aromatic nitrogens is 2. The van der Waals surface area contributed by atoms with Gasteiger partial charge in [0.05, 0.1) is 11.0 Å². The number of benzene rings is 2. The molecule has 1 aromatic heterocycles. The zero-order chi connectivity index (χ0) is 18.3. The molecule has 2 heterocycles. The Morgan fingerprint density at radius 3 is 2.62 bits per heavy atom. The molecule has 3 aromatic rings. The van der Waals surface area contributed by atoms with Crippen LogP contribution in [0.3, 0.4) is 0 Å². The third-order valence-corrected chi connectivity index (χ3v) is 5.11. The van der Waals surface area contributed by atoms with Crippen molar-refractivity contribution in [3.05, 3.63) is 59.4 Å². The van der Waals surface area contributed by atoms with Gasteiger partial charge in [0, 0.05) is 36.1 Å². The molecule has 1 amide bonds. The first-order valence-corrected chi connectivity index (χ1v) is 9.42. The fourth-order valence-corrected chi connectivity index (χ4v) is 3.84. The minimum atomic E-state index is 0.101.